The largest absolute Gasteiger partial charge is 0.454 e. The lowest BCUT2D eigenvalue weighted by Crippen LogP contribution is -2.44. The van der Waals surface area contributed by atoms with E-state index in [-0.39, 0.29) is 24.5 Å². The van der Waals surface area contributed by atoms with Crippen LogP contribution in [-0.2, 0) is 14.3 Å². The van der Waals surface area contributed by atoms with Crippen LogP contribution >= 0.6 is 0 Å². The Bertz CT molecular complexity index is 603. The number of carbonyl (C=O) groups is 3. The molecule has 1 fully saturated rings. The Morgan fingerprint density at radius 3 is 2.52 bits per heavy atom. The van der Waals surface area contributed by atoms with Gasteiger partial charge in [0.05, 0.1) is 0 Å². The van der Waals surface area contributed by atoms with E-state index in [1.165, 1.54) is 13.3 Å². The Labute approximate surface area is 148 Å². The smallest absolute Gasteiger partial charge is 0.328 e. The van der Waals surface area contributed by atoms with Crippen molar-refractivity contribution in [2.45, 2.75) is 51.6 Å². The lowest BCUT2D eigenvalue weighted by molar-refractivity contribution is -0.150. The highest BCUT2D eigenvalue weighted by Crippen LogP contribution is 2.23. The molecule has 0 saturated heterocycles. The van der Waals surface area contributed by atoms with Gasteiger partial charge < -0.3 is 15.4 Å². The first-order valence-corrected chi connectivity index (χ1v) is 8.79. The third kappa shape index (κ3) is 5.89. The summed E-state index contributed by atoms with van der Waals surface area (Å²) < 4.78 is 5.01. The molecule has 1 aromatic rings. The van der Waals surface area contributed by atoms with Gasteiger partial charge in [0.25, 0.3) is 11.8 Å². The predicted octanol–water partition coefficient (Wildman–Crippen LogP) is 2.04. The number of hydrogen-bond acceptors (Lipinski definition) is 4. The van der Waals surface area contributed by atoms with Crippen molar-refractivity contribution in [2.75, 3.05) is 6.61 Å². The zero-order valence-electron chi connectivity index (χ0n) is 14.8. The molecular weight excluding hydrogens is 320 g/mol. The summed E-state index contributed by atoms with van der Waals surface area (Å²) in [5, 5.41) is 5.49. The maximum Gasteiger partial charge on any atom is 0.328 e. The molecule has 25 heavy (non-hydrogen) atoms. The summed E-state index contributed by atoms with van der Waals surface area (Å²) >= 11 is 0. The van der Waals surface area contributed by atoms with E-state index < -0.39 is 12.0 Å². The molecule has 0 unspecified atom stereocenters. The molecule has 0 spiro atoms. The van der Waals surface area contributed by atoms with Gasteiger partial charge >= 0.3 is 5.97 Å². The molecule has 0 aliphatic heterocycles. The predicted molar refractivity (Wildman–Crippen MR) is 93.9 cm³/mol. The monoisotopic (exact) mass is 346 g/mol. The Balaban J connectivity index is 1.73. The van der Waals surface area contributed by atoms with Crippen molar-refractivity contribution < 1.29 is 19.1 Å². The number of benzene rings is 1. The molecule has 3 atom stereocenters. The number of carbonyl (C=O) groups excluding carboxylic acids is 3. The van der Waals surface area contributed by atoms with E-state index >= 15 is 0 Å². The fraction of sp³-hybridized carbons (Fsp3) is 0.526. The number of esters is 1. The molecule has 1 aliphatic rings. The maximum atomic E-state index is 12.0. The van der Waals surface area contributed by atoms with E-state index in [1.807, 2.05) is 0 Å². The van der Waals surface area contributed by atoms with Gasteiger partial charge in [-0.05, 0) is 37.8 Å². The third-order valence-corrected chi connectivity index (χ3v) is 4.54. The minimum atomic E-state index is -0.825. The molecule has 0 radical (unpaired) electrons. The molecule has 6 nitrogen and oxygen atoms in total. The average molecular weight is 346 g/mol. The first kappa shape index (κ1) is 19.0. The lowest BCUT2D eigenvalue weighted by atomic mass is 9.86. The normalized spacial score (nSPS) is 21.0. The topological polar surface area (TPSA) is 84.5 Å². The van der Waals surface area contributed by atoms with E-state index in [0.29, 0.717) is 11.5 Å². The lowest BCUT2D eigenvalue weighted by Gasteiger charge is -2.29. The van der Waals surface area contributed by atoms with Crippen molar-refractivity contribution in [3.05, 3.63) is 35.9 Å². The molecule has 0 bridgehead atoms. The fourth-order valence-electron chi connectivity index (χ4n) is 2.97. The van der Waals surface area contributed by atoms with Crippen molar-refractivity contribution in [2.24, 2.45) is 5.92 Å². The highest BCUT2D eigenvalue weighted by atomic mass is 16.5. The van der Waals surface area contributed by atoms with Crippen LogP contribution in [0.2, 0.25) is 0 Å². The summed E-state index contributed by atoms with van der Waals surface area (Å²) in [5.74, 6) is -0.840. The second-order valence-electron chi connectivity index (χ2n) is 6.60. The van der Waals surface area contributed by atoms with Crippen LogP contribution in [0.15, 0.2) is 30.3 Å². The maximum absolute atomic E-state index is 12.0. The van der Waals surface area contributed by atoms with Crippen LogP contribution < -0.4 is 10.6 Å². The zero-order valence-corrected chi connectivity index (χ0v) is 14.8. The Kier molecular flexibility index (Phi) is 6.98. The van der Waals surface area contributed by atoms with Crippen LogP contribution in [0.3, 0.4) is 0 Å². The summed E-state index contributed by atoms with van der Waals surface area (Å²) in [4.78, 5) is 35.9. The molecule has 2 rings (SSSR count). The van der Waals surface area contributed by atoms with Crippen LogP contribution in [0, 0.1) is 5.92 Å². The van der Waals surface area contributed by atoms with Crippen LogP contribution in [-0.4, -0.2) is 36.5 Å². The SMILES string of the molecule is C[C@H](NC(=O)c1ccccc1)C(=O)OCC(=O)N[C@H]1CCCC[C@H]1C. The summed E-state index contributed by atoms with van der Waals surface area (Å²) in [7, 11) is 0. The van der Waals surface area contributed by atoms with Gasteiger partial charge in [0.1, 0.15) is 6.04 Å². The van der Waals surface area contributed by atoms with Crippen molar-refractivity contribution in [3.63, 3.8) is 0 Å². The van der Waals surface area contributed by atoms with Crippen LogP contribution in [0.4, 0.5) is 0 Å². The number of nitrogens with one attached hydrogen (secondary N) is 2. The highest BCUT2D eigenvalue weighted by Gasteiger charge is 2.24. The number of ether oxygens (including phenoxy) is 1. The molecule has 1 saturated carbocycles. The van der Waals surface area contributed by atoms with Gasteiger partial charge in [-0.1, -0.05) is 38.0 Å². The minimum absolute atomic E-state index is 0.148. The zero-order chi connectivity index (χ0) is 18.2. The molecule has 2 amide bonds. The summed E-state index contributed by atoms with van der Waals surface area (Å²) in [5.41, 5.74) is 0.464. The summed E-state index contributed by atoms with van der Waals surface area (Å²) in [6.45, 7) is 3.33. The van der Waals surface area contributed by atoms with Crippen molar-refractivity contribution in [3.8, 4) is 0 Å². The van der Waals surface area contributed by atoms with Crippen molar-refractivity contribution >= 4 is 17.8 Å². The molecular formula is C19H26N2O4. The standard InChI is InChI=1S/C19H26N2O4/c1-13-8-6-7-11-16(13)21-17(22)12-25-19(24)14(2)20-18(23)15-9-4-3-5-10-15/h3-5,9-10,13-14,16H,6-8,11-12H2,1-2H3,(H,20,23)(H,21,22)/t13-,14+,16+/m1/s1. The third-order valence-electron chi connectivity index (χ3n) is 4.54. The van der Waals surface area contributed by atoms with Crippen molar-refractivity contribution in [1.82, 2.24) is 10.6 Å². The first-order valence-electron chi connectivity index (χ1n) is 8.79. The molecule has 136 valence electrons. The number of rotatable bonds is 6. The van der Waals surface area contributed by atoms with E-state index in [0.717, 1.165) is 19.3 Å². The minimum Gasteiger partial charge on any atom is -0.454 e. The number of amides is 2. The van der Waals surface area contributed by atoms with Crippen LogP contribution in [0.25, 0.3) is 0 Å². The van der Waals surface area contributed by atoms with Crippen LogP contribution in [0.5, 0.6) is 0 Å². The van der Waals surface area contributed by atoms with E-state index in [1.54, 1.807) is 30.3 Å². The summed E-state index contributed by atoms with van der Waals surface area (Å²) in [6, 6.07) is 7.94. The molecule has 1 aliphatic carbocycles. The fourth-order valence-corrected chi connectivity index (χ4v) is 2.97. The first-order chi connectivity index (χ1) is 12.0. The quantitative estimate of drug-likeness (QED) is 0.772. The molecule has 1 aromatic carbocycles. The average Bonchev–Trinajstić information content (AvgIpc) is 2.62. The van der Waals surface area contributed by atoms with Gasteiger partial charge in [-0.2, -0.15) is 0 Å². The summed E-state index contributed by atoms with van der Waals surface area (Å²) in [6.07, 6.45) is 4.37. The molecule has 0 aromatic heterocycles. The second kappa shape index (κ2) is 9.20. The van der Waals surface area contributed by atoms with Crippen molar-refractivity contribution in [1.29, 1.82) is 0 Å². The van der Waals surface area contributed by atoms with Gasteiger partial charge in [0, 0.05) is 11.6 Å². The van der Waals surface area contributed by atoms with Gasteiger partial charge in [0.2, 0.25) is 0 Å². The molecule has 6 heteroatoms. The van der Waals surface area contributed by atoms with E-state index in [9.17, 15) is 14.4 Å². The van der Waals surface area contributed by atoms with E-state index in [4.69, 9.17) is 4.74 Å². The Hall–Kier alpha value is -2.37. The Morgan fingerprint density at radius 1 is 1.16 bits per heavy atom. The van der Waals surface area contributed by atoms with Crippen LogP contribution in [0.1, 0.15) is 49.9 Å². The highest BCUT2D eigenvalue weighted by molar-refractivity contribution is 5.96. The van der Waals surface area contributed by atoms with Gasteiger partial charge in [-0.25, -0.2) is 4.79 Å². The molecule has 0 heterocycles. The van der Waals surface area contributed by atoms with E-state index in [2.05, 4.69) is 17.6 Å². The van der Waals surface area contributed by atoms with Gasteiger partial charge in [-0.15, -0.1) is 0 Å². The molecule has 2 N–H and O–H groups in total. The Morgan fingerprint density at radius 2 is 1.84 bits per heavy atom. The van der Waals surface area contributed by atoms with Gasteiger partial charge in [-0.3, -0.25) is 9.59 Å². The second-order valence-corrected chi connectivity index (χ2v) is 6.60. The number of hydrogen-bond donors (Lipinski definition) is 2. The van der Waals surface area contributed by atoms with Gasteiger partial charge in [0.15, 0.2) is 6.61 Å².